The summed E-state index contributed by atoms with van der Waals surface area (Å²) in [7, 11) is 0. The fourth-order valence-corrected chi connectivity index (χ4v) is 8.11. The summed E-state index contributed by atoms with van der Waals surface area (Å²) in [6.45, 7) is 2.29. The van der Waals surface area contributed by atoms with Crippen molar-refractivity contribution in [1.29, 1.82) is 15.8 Å². The fourth-order valence-electron chi connectivity index (χ4n) is 8.11. The molecule has 0 radical (unpaired) electrons. The number of rotatable bonds is 4. The van der Waals surface area contributed by atoms with Crippen LogP contribution in [0.3, 0.4) is 0 Å². The second kappa shape index (κ2) is 11.9. The highest BCUT2D eigenvalue weighted by Crippen LogP contribution is 2.41. The monoisotopic (exact) mass is 653 g/mol. The number of nitrogens with zero attached hydrogens (tertiary/aromatic N) is 5. The third-order valence-corrected chi connectivity index (χ3v) is 10.5. The highest BCUT2D eigenvalue weighted by molar-refractivity contribution is 6.10. The van der Waals surface area contributed by atoms with Gasteiger partial charge in [0.25, 0.3) is 0 Å². The van der Waals surface area contributed by atoms with Crippen LogP contribution in [0, 0.1) is 39.9 Å². The molecule has 2 aromatic heterocycles. The van der Waals surface area contributed by atoms with E-state index in [-0.39, 0.29) is 0 Å². The van der Waals surface area contributed by atoms with Gasteiger partial charge in [-0.1, -0.05) is 91.9 Å². The molecule has 0 bridgehead atoms. The predicted octanol–water partition coefficient (Wildman–Crippen LogP) is 10.7. The quantitative estimate of drug-likeness (QED) is 0.190. The van der Waals surface area contributed by atoms with E-state index in [0.29, 0.717) is 28.3 Å². The van der Waals surface area contributed by atoms with Crippen LogP contribution in [0.1, 0.15) is 52.5 Å². The second-order valence-electron chi connectivity index (χ2n) is 13.5. The van der Waals surface area contributed by atoms with Crippen LogP contribution in [-0.4, -0.2) is 9.13 Å². The van der Waals surface area contributed by atoms with E-state index in [1.54, 1.807) is 12.1 Å². The molecule has 9 rings (SSSR count). The van der Waals surface area contributed by atoms with Gasteiger partial charge < -0.3 is 9.13 Å². The van der Waals surface area contributed by atoms with Crippen molar-refractivity contribution in [1.82, 2.24) is 9.13 Å². The van der Waals surface area contributed by atoms with Crippen molar-refractivity contribution in [3.63, 3.8) is 0 Å². The topological polar surface area (TPSA) is 81.2 Å². The minimum atomic E-state index is 0.316. The maximum absolute atomic E-state index is 10.5. The van der Waals surface area contributed by atoms with Gasteiger partial charge in [-0.2, -0.15) is 15.8 Å². The number of hydrogen-bond acceptors (Lipinski definition) is 3. The Morgan fingerprint density at radius 3 is 2.27 bits per heavy atom. The molecule has 1 atom stereocenters. The standard InChI is InChI=1S/C46H31N5/c1-29-13-20-39-37-9-2-4-11-42(37)50(45(39)23-29)35-8-6-7-33(25-35)31-15-17-32(18-16-31)36-21-19-34(27-48)41(28-49)46(36)51-43-12-5-3-10-38(43)40-24-30(26-47)14-22-44(40)51/h2-3,5-10,12-22,24-25,29H,4,11,23H2,1H3. The SMILES string of the molecule is CC1C=Cc2c3c(n(-c4cccc(-c5ccc(-c6ccc(C#N)c(C#N)c6-n6c7ccccc7c7cc(C#N)ccc76)cc5)c4)c2C1)CCC=C3. The van der Waals surface area contributed by atoms with Gasteiger partial charge in [0.2, 0.25) is 0 Å². The maximum Gasteiger partial charge on any atom is 0.103 e. The number of hydrogen-bond donors (Lipinski definition) is 0. The molecule has 2 heterocycles. The van der Waals surface area contributed by atoms with E-state index in [2.05, 4.69) is 107 Å². The molecule has 5 nitrogen and oxygen atoms in total. The van der Waals surface area contributed by atoms with Gasteiger partial charge in [-0.3, -0.25) is 0 Å². The number of allylic oxidation sites excluding steroid dienone is 2. The minimum Gasteiger partial charge on any atom is -0.317 e. The van der Waals surface area contributed by atoms with Crippen LogP contribution in [0.25, 0.3) is 67.6 Å². The summed E-state index contributed by atoms with van der Waals surface area (Å²) in [5.41, 5.74) is 14.3. The van der Waals surface area contributed by atoms with Gasteiger partial charge >= 0.3 is 0 Å². The highest BCUT2D eigenvalue weighted by atomic mass is 15.0. The molecule has 0 fully saturated rings. The molecule has 0 saturated carbocycles. The number of fused-ring (bicyclic) bond motifs is 6. The van der Waals surface area contributed by atoms with Gasteiger partial charge in [-0.25, -0.2) is 0 Å². The van der Waals surface area contributed by atoms with E-state index >= 15 is 0 Å². The van der Waals surface area contributed by atoms with Crippen molar-refractivity contribution in [2.75, 3.05) is 0 Å². The lowest BCUT2D eigenvalue weighted by molar-refractivity contribution is 0.680. The third-order valence-electron chi connectivity index (χ3n) is 10.5. The van der Waals surface area contributed by atoms with E-state index < -0.39 is 0 Å². The van der Waals surface area contributed by atoms with E-state index in [1.807, 2.05) is 42.5 Å². The molecule has 5 heteroatoms. The van der Waals surface area contributed by atoms with Crippen molar-refractivity contribution in [2.24, 2.45) is 5.92 Å². The van der Waals surface area contributed by atoms with Gasteiger partial charge in [-0.05, 0) is 84.3 Å². The Morgan fingerprint density at radius 2 is 1.45 bits per heavy atom. The molecule has 2 aliphatic carbocycles. The lowest BCUT2D eigenvalue weighted by Crippen LogP contribution is -2.10. The summed E-state index contributed by atoms with van der Waals surface area (Å²) in [5.74, 6) is 0.499. The summed E-state index contributed by atoms with van der Waals surface area (Å²) in [6.07, 6.45) is 12.3. The van der Waals surface area contributed by atoms with Crippen molar-refractivity contribution in [3.8, 4) is 51.8 Å². The van der Waals surface area contributed by atoms with Crippen LogP contribution in [0.4, 0.5) is 0 Å². The lowest BCUT2D eigenvalue weighted by Gasteiger charge is -2.19. The van der Waals surface area contributed by atoms with Gasteiger partial charge in [0, 0.05) is 44.5 Å². The van der Waals surface area contributed by atoms with Crippen LogP contribution >= 0.6 is 0 Å². The van der Waals surface area contributed by atoms with Crippen molar-refractivity contribution in [3.05, 3.63) is 154 Å². The Kier molecular flexibility index (Phi) is 7.06. The maximum atomic E-state index is 10.5. The van der Waals surface area contributed by atoms with Crippen LogP contribution in [0.2, 0.25) is 0 Å². The van der Waals surface area contributed by atoms with Gasteiger partial charge in [0.05, 0.1) is 39.5 Å². The van der Waals surface area contributed by atoms with E-state index in [0.717, 1.165) is 63.3 Å². The molecule has 5 aromatic carbocycles. The highest BCUT2D eigenvalue weighted by Gasteiger charge is 2.26. The Labute approximate surface area is 296 Å². The van der Waals surface area contributed by atoms with Crippen LogP contribution in [0.15, 0.2) is 115 Å². The normalized spacial score (nSPS) is 14.5. The second-order valence-corrected chi connectivity index (χ2v) is 13.5. The van der Waals surface area contributed by atoms with Crippen molar-refractivity contribution in [2.45, 2.75) is 26.2 Å². The first-order chi connectivity index (χ1) is 25.1. The average Bonchev–Trinajstić information content (AvgIpc) is 3.69. The first-order valence-corrected chi connectivity index (χ1v) is 17.3. The fraction of sp³-hybridized carbons (Fsp3) is 0.109. The molecular weight excluding hydrogens is 623 g/mol. The Hall–Kier alpha value is -6.87. The van der Waals surface area contributed by atoms with E-state index in [4.69, 9.17) is 0 Å². The smallest absolute Gasteiger partial charge is 0.103 e. The third kappa shape index (κ3) is 4.74. The van der Waals surface area contributed by atoms with Crippen LogP contribution in [0.5, 0.6) is 0 Å². The van der Waals surface area contributed by atoms with Crippen molar-refractivity contribution >= 4 is 34.0 Å². The zero-order valence-electron chi connectivity index (χ0n) is 28.1. The molecule has 0 aliphatic heterocycles. The summed E-state index contributed by atoms with van der Waals surface area (Å²) >= 11 is 0. The van der Waals surface area contributed by atoms with E-state index in [9.17, 15) is 15.8 Å². The van der Waals surface area contributed by atoms with Gasteiger partial charge in [0.15, 0.2) is 0 Å². The Bertz CT molecular complexity index is 2760. The zero-order chi connectivity index (χ0) is 34.6. The molecule has 0 spiro atoms. The number of para-hydroxylation sites is 1. The number of benzene rings is 5. The number of nitriles is 3. The van der Waals surface area contributed by atoms with Crippen molar-refractivity contribution < 1.29 is 0 Å². The molecule has 240 valence electrons. The molecule has 51 heavy (non-hydrogen) atoms. The lowest BCUT2D eigenvalue weighted by atomic mass is 9.92. The van der Waals surface area contributed by atoms with Gasteiger partial charge in [-0.15, -0.1) is 0 Å². The molecule has 1 unspecified atom stereocenters. The van der Waals surface area contributed by atoms with E-state index in [1.165, 1.54) is 28.2 Å². The summed E-state index contributed by atoms with van der Waals surface area (Å²) in [4.78, 5) is 0. The Balaban J connectivity index is 1.18. The first-order valence-electron chi connectivity index (χ1n) is 17.3. The summed E-state index contributed by atoms with van der Waals surface area (Å²) in [6, 6.07) is 41.5. The molecule has 0 N–H and O–H groups in total. The molecule has 7 aromatic rings. The first kappa shape index (κ1) is 30.2. The molecule has 0 amide bonds. The largest absolute Gasteiger partial charge is 0.317 e. The van der Waals surface area contributed by atoms with Gasteiger partial charge in [0.1, 0.15) is 12.1 Å². The van der Waals surface area contributed by atoms with Crippen LogP contribution in [-0.2, 0) is 12.8 Å². The minimum absolute atomic E-state index is 0.316. The summed E-state index contributed by atoms with van der Waals surface area (Å²) < 4.78 is 4.57. The Morgan fingerprint density at radius 1 is 0.647 bits per heavy atom. The average molecular weight is 654 g/mol. The molecule has 0 saturated heterocycles. The molecular formula is C46H31N5. The summed E-state index contributed by atoms with van der Waals surface area (Å²) in [5, 5.41) is 32.2. The number of aromatic nitrogens is 2. The zero-order valence-corrected chi connectivity index (χ0v) is 28.1. The molecule has 2 aliphatic rings. The van der Waals surface area contributed by atoms with Crippen LogP contribution < -0.4 is 0 Å². The predicted molar refractivity (Wildman–Crippen MR) is 204 cm³/mol.